The van der Waals surface area contributed by atoms with Crippen LogP contribution in [-0.4, -0.2) is 48.9 Å². The second kappa shape index (κ2) is 5.31. The number of halogens is 1. The highest BCUT2D eigenvalue weighted by Gasteiger charge is 2.42. The van der Waals surface area contributed by atoms with Gasteiger partial charge in [-0.25, -0.2) is 0 Å². The van der Waals surface area contributed by atoms with Crippen LogP contribution in [0.4, 0.5) is 0 Å². The van der Waals surface area contributed by atoms with E-state index in [4.69, 9.17) is 15.2 Å². The summed E-state index contributed by atoms with van der Waals surface area (Å²) in [7, 11) is 0. The molecule has 2 N–H and O–H groups in total. The minimum Gasteiger partial charge on any atom is -0.346 e. The van der Waals surface area contributed by atoms with Gasteiger partial charge in [0.15, 0.2) is 5.79 Å². The first kappa shape index (κ1) is 13.7. The van der Waals surface area contributed by atoms with Crippen molar-refractivity contribution in [2.24, 2.45) is 5.73 Å². The van der Waals surface area contributed by atoms with Crippen LogP contribution in [-0.2, 0) is 14.3 Å². The monoisotopic (exact) mass is 250 g/mol. The summed E-state index contributed by atoms with van der Waals surface area (Å²) in [5.41, 5.74) is 5.58. The molecule has 1 atom stereocenters. The summed E-state index contributed by atoms with van der Waals surface area (Å²) in [4.78, 5) is 13.5. The van der Waals surface area contributed by atoms with Crippen LogP contribution in [0.15, 0.2) is 0 Å². The Morgan fingerprint density at radius 2 is 2.06 bits per heavy atom. The van der Waals surface area contributed by atoms with Gasteiger partial charge in [0.25, 0.3) is 0 Å². The molecule has 2 saturated heterocycles. The molecule has 16 heavy (non-hydrogen) atoms. The molecule has 0 radical (unpaired) electrons. The highest BCUT2D eigenvalue weighted by atomic mass is 35.5. The molecule has 2 rings (SSSR count). The molecule has 0 aromatic carbocycles. The number of rotatable bonds is 1. The molecule has 2 aliphatic rings. The first-order valence-electron chi connectivity index (χ1n) is 5.45. The molecule has 5 nitrogen and oxygen atoms in total. The molecule has 0 bridgehead atoms. The Labute approximate surface area is 102 Å². The lowest BCUT2D eigenvalue weighted by atomic mass is 10.0. The highest BCUT2D eigenvalue weighted by molar-refractivity contribution is 5.85. The first-order chi connectivity index (χ1) is 7.13. The van der Waals surface area contributed by atoms with Gasteiger partial charge in [0.2, 0.25) is 5.91 Å². The average Bonchev–Trinajstić information content (AvgIpc) is 2.65. The Hall–Kier alpha value is -0.360. The molecule has 0 unspecified atom stereocenters. The van der Waals surface area contributed by atoms with Gasteiger partial charge in [0.1, 0.15) is 0 Å². The zero-order valence-electron chi connectivity index (χ0n) is 9.48. The van der Waals surface area contributed by atoms with Crippen molar-refractivity contribution in [2.45, 2.75) is 31.6 Å². The molecule has 2 aliphatic heterocycles. The third kappa shape index (κ3) is 2.66. The number of piperidine rings is 1. The van der Waals surface area contributed by atoms with Gasteiger partial charge in [-0.2, -0.15) is 0 Å². The number of hydrogen-bond donors (Lipinski definition) is 1. The second-order valence-electron chi connectivity index (χ2n) is 4.26. The largest absolute Gasteiger partial charge is 0.346 e. The van der Waals surface area contributed by atoms with Crippen LogP contribution < -0.4 is 5.73 Å². The van der Waals surface area contributed by atoms with E-state index in [1.807, 2.05) is 0 Å². The van der Waals surface area contributed by atoms with Crippen molar-refractivity contribution < 1.29 is 14.3 Å². The zero-order valence-corrected chi connectivity index (χ0v) is 10.3. The summed E-state index contributed by atoms with van der Waals surface area (Å²) in [6, 6.07) is -0.443. The van der Waals surface area contributed by atoms with Crippen LogP contribution in [0.25, 0.3) is 0 Å². The molecular formula is C10H19ClN2O3. The third-order valence-corrected chi connectivity index (χ3v) is 2.93. The predicted molar refractivity (Wildman–Crippen MR) is 61.3 cm³/mol. The number of carbonyl (C=O) groups is 1. The van der Waals surface area contributed by atoms with Crippen LogP contribution in [0.3, 0.4) is 0 Å². The van der Waals surface area contributed by atoms with E-state index >= 15 is 0 Å². The fourth-order valence-electron chi connectivity index (χ4n) is 2.20. The van der Waals surface area contributed by atoms with Gasteiger partial charge < -0.3 is 20.1 Å². The van der Waals surface area contributed by atoms with E-state index < -0.39 is 11.8 Å². The molecule has 1 amide bonds. The van der Waals surface area contributed by atoms with Gasteiger partial charge in [0, 0.05) is 13.0 Å². The van der Waals surface area contributed by atoms with Crippen LogP contribution in [0, 0.1) is 0 Å². The number of ether oxygens (including phenoxy) is 2. The Bertz CT molecular complexity index is 254. The van der Waals surface area contributed by atoms with Gasteiger partial charge >= 0.3 is 0 Å². The van der Waals surface area contributed by atoms with Gasteiger partial charge in [0.05, 0.1) is 25.8 Å². The summed E-state index contributed by atoms with van der Waals surface area (Å²) < 4.78 is 11.2. The van der Waals surface area contributed by atoms with Crippen LogP contribution in [0.2, 0.25) is 0 Å². The molecular weight excluding hydrogens is 232 g/mol. The fraction of sp³-hybridized carbons (Fsp3) is 0.900. The lowest BCUT2D eigenvalue weighted by Crippen LogP contribution is -2.54. The normalized spacial score (nSPS) is 25.2. The van der Waals surface area contributed by atoms with Gasteiger partial charge in [-0.3, -0.25) is 4.79 Å². The maximum absolute atomic E-state index is 11.7. The standard InChI is InChI=1S/C10H18N2O3.ClH/c1-8(11)9(13)12-4-2-3-10(7-12)14-5-6-15-10;/h8H,2-7,11H2,1H3;1H/t8-;/m1./s1. The minimum absolute atomic E-state index is 0. The molecule has 0 saturated carbocycles. The molecule has 94 valence electrons. The molecule has 2 heterocycles. The van der Waals surface area contributed by atoms with E-state index in [2.05, 4.69) is 0 Å². The van der Waals surface area contributed by atoms with Crippen molar-refractivity contribution in [1.29, 1.82) is 0 Å². The van der Waals surface area contributed by atoms with Crippen LogP contribution in [0.1, 0.15) is 19.8 Å². The third-order valence-electron chi connectivity index (χ3n) is 2.93. The molecule has 0 aromatic heterocycles. The number of amides is 1. The van der Waals surface area contributed by atoms with E-state index in [1.54, 1.807) is 11.8 Å². The Kier molecular flexibility index (Phi) is 4.55. The van der Waals surface area contributed by atoms with Gasteiger partial charge in [-0.1, -0.05) is 0 Å². The predicted octanol–water partition coefficient (Wildman–Crippen LogP) is 0.121. The minimum atomic E-state index is -0.539. The molecule has 2 fully saturated rings. The van der Waals surface area contributed by atoms with E-state index in [0.717, 1.165) is 19.4 Å². The lowest BCUT2D eigenvalue weighted by Gasteiger charge is -2.39. The smallest absolute Gasteiger partial charge is 0.239 e. The maximum Gasteiger partial charge on any atom is 0.239 e. The van der Waals surface area contributed by atoms with Crippen molar-refractivity contribution in [3.63, 3.8) is 0 Å². The van der Waals surface area contributed by atoms with E-state index in [-0.39, 0.29) is 18.3 Å². The summed E-state index contributed by atoms with van der Waals surface area (Å²) in [5, 5.41) is 0. The van der Waals surface area contributed by atoms with Crippen molar-refractivity contribution in [3.8, 4) is 0 Å². The lowest BCUT2D eigenvalue weighted by molar-refractivity contribution is -0.193. The average molecular weight is 251 g/mol. The first-order valence-corrected chi connectivity index (χ1v) is 5.45. The van der Waals surface area contributed by atoms with E-state index in [1.165, 1.54) is 0 Å². The molecule has 0 aliphatic carbocycles. The Morgan fingerprint density at radius 3 is 2.62 bits per heavy atom. The van der Waals surface area contributed by atoms with Gasteiger partial charge in [-0.15, -0.1) is 12.4 Å². The van der Waals surface area contributed by atoms with Crippen molar-refractivity contribution in [2.75, 3.05) is 26.3 Å². The number of hydrogen-bond acceptors (Lipinski definition) is 4. The topological polar surface area (TPSA) is 64.8 Å². The zero-order chi connectivity index (χ0) is 10.9. The summed E-state index contributed by atoms with van der Waals surface area (Å²) in [6.45, 7) is 4.24. The summed E-state index contributed by atoms with van der Waals surface area (Å²) in [5.74, 6) is -0.559. The molecule has 6 heteroatoms. The maximum atomic E-state index is 11.7. The quantitative estimate of drug-likeness (QED) is 0.718. The number of carbonyl (C=O) groups excluding carboxylic acids is 1. The van der Waals surface area contributed by atoms with Crippen molar-refractivity contribution in [3.05, 3.63) is 0 Å². The summed E-state index contributed by atoms with van der Waals surface area (Å²) >= 11 is 0. The molecule has 0 aromatic rings. The fourth-order valence-corrected chi connectivity index (χ4v) is 2.20. The SMILES string of the molecule is C[C@@H](N)C(=O)N1CCCC2(C1)OCCO2.Cl. The van der Waals surface area contributed by atoms with Crippen molar-refractivity contribution >= 4 is 18.3 Å². The molecule has 1 spiro atoms. The van der Waals surface area contributed by atoms with E-state index in [0.29, 0.717) is 19.8 Å². The number of likely N-dealkylation sites (tertiary alicyclic amines) is 1. The summed E-state index contributed by atoms with van der Waals surface area (Å²) in [6.07, 6.45) is 1.79. The van der Waals surface area contributed by atoms with Crippen LogP contribution in [0.5, 0.6) is 0 Å². The number of nitrogens with zero attached hydrogens (tertiary/aromatic N) is 1. The number of nitrogens with two attached hydrogens (primary N) is 1. The Morgan fingerprint density at radius 1 is 1.44 bits per heavy atom. The van der Waals surface area contributed by atoms with Crippen molar-refractivity contribution in [1.82, 2.24) is 4.90 Å². The second-order valence-corrected chi connectivity index (χ2v) is 4.26. The highest BCUT2D eigenvalue weighted by Crippen LogP contribution is 2.30. The van der Waals surface area contributed by atoms with E-state index in [9.17, 15) is 4.79 Å². The van der Waals surface area contributed by atoms with Gasteiger partial charge in [-0.05, 0) is 13.3 Å². The van der Waals surface area contributed by atoms with Crippen LogP contribution >= 0.6 is 12.4 Å². The Balaban J connectivity index is 0.00000128.